The fraction of sp³-hybridized carbons (Fsp3) is 0.368. The SMILES string of the molecule is CN=C(NCCCc1cccc(OC)c1)NCCc1ccccn1.I. The second-order valence-corrected chi connectivity index (χ2v) is 5.45. The highest BCUT2D eigenvalue weighted by molar-refractivity contribution is 14.0. The number of hydrogen-bond donors (Lipinski definition) is 2. The van der Waals surface area contributed by atoms with Crippen LogP contribution in [0.3, 0.4) is 0 Å². The third-order valence-electron chi connectivity index (χ3n) is 3.69. The second-order valence-electron chi connectivity index (χ2n) is 5.45. The van der Waals surface area contributed by atoms with E-state index in [-0.39, 0.29) is 24.0 Å². The van der Waals surface area contributed by atoms with Gasteiger partial charge >= 0.3 is 0 Å². The van der Waals surface area contributed by atoms with Crippen molar-refractivity contribution in [1.82, 2.24) is 15.6 Å². The Hall–Kier alpha value is -1.83. The minimum atomic E-state index is 0. The van der Waals surface area contributed by atoms with Crippen LogP contribution >= 0.6 is 24.0 Å². The van der Waals surface area contributed by atoms with Crippen LogP contribution in [0.5, 0.6) is 5.75 Å². The number of nitrogens with zero attached hydrogens (tertiary/aromatic N) is 2. The van der Waals surface area contributed by atoms with E-state index in [1.165, 1.54) is 5.56 Å². The van der Waals surface area contributed by atoms with Gasteiger partial charge in [-0.05, 0) is 42.7 Å². The van der Waals surface area contributed by atoms with Gasteiger partial charge in [0.15, 0.2) is 5.96 Å². The Labute approximate surface area is 167 Å². The topological polar surface area (TPSA) is 58.5 Å². The Morgan fingerprint density at radius 3 is 2.64 bits per heavy atom. The first-order valence-corrected chi connectivity index (χ1v) is 8.29. The van der Waals surface area contributed by atoms with Crippen LogP contribution in [0.1, 0.15) is 17.7 Å². The first-order valence-electron chi connectivity index (χ1n) is 8.29. The van der Waals surface area contributed by atoms with E-state index in [1.807, 2.05) is 36.5 Å². The molecule has 0 aliphatic heterocycles. The summed E-state index contributed by atoms with van der Waals surface area (Å²) < 4.78 is 5.25. The lowest BCUT2D eigenvalue weighted by Gasteiger charge is -2.12. The van der Waals surface area contributed by atoms with Crippen molar-refractivity contribution in [2.24, 2.45) is 4.99 Å². The van der Waals surface area contributed by atoms with Crippen LogP contribution in [0.4, 0.5) is 0 Å². The summed E-state index contributed by atoms with van der Waals surface area (Å²) in [6.07, 6.45) is 4.75. The fourth-order valence-corrected chi connectivity index (χ4v) is 2.40. The third-order valence-corrected chi connectivity index (χ3v) is 3.69. The van der Waals surface area contributed by atoms with Gasteiger partial charge in [0, 0.05) is 38.4 Å². The molecule has 0 amide bonds. The first-order chi connectivity index (χ1) is 11.8. The van der Waals surface area contributed by atoms with Crippen LogP contribution in [0.2, 0.25) is 0 Å². The van der Waals surface area contributed by atoms with Crippen molar-refractivity contribution in [1.29, 1.82) is 0 Å². The van der Waals surface area contributed by atoms with Gasteiger partial charge in [0.2, 0.25) is 0 Å². The van der Waals surface area contributed by atoms with Gasteiger partial charge in [0.05, 0.1) is 7.11 Å². The van der Waals surface area contributed by atoms with Crippen LogP contribution in [0.15, 0.2) is 53.7 Å². The Morgan fingerprint density at radius 1 is 1.08 bits per heavy atom. The van der Waals surface area contributed by atoms with Gasteiger partial charge in [-0.15, -0.1) is 24.0 Å². The lowest BCUT2D eigenvalue weighted by atomic mass is 10.1. The molecule has 1 aromatic heterocycles. The fourth-order valence-electron chi connectivity index (χ4n) is 2.40. The van der Waals surface area contributed by atoms with E-state index in [2.05, 4.69) is 32.7 Å². The van der Waals surface area contributed by atoms with E-state index in [4.69, 9.17) is 4.74 Å². The van der Waals surface area contributed by atoms with Crippen LogP contribution in [0.25, 0.3) is 0 Å². The summed E-state index contributed by atoms with van der Waals surface area (Å²) in [5, 5.41) is 6.66. The molecule has 0 bridgehead atoms. The number of halogens is 1. The Kier molecular flexibility index (Phi) is 10.6. The molecule has 0 fully saturated rings. The number of aryl methyl sites for hydroxylation is 1. The maximum Gasteiger partial charge on any atom is 0.190 e. The number of guanidine groups is 1. The number of methoxy groups -OCH3 is 1. The average molecular weight is 454 g/mol. The molecule has 136 valence electrons. The molecule has 25 heavy (non-hydrogen) atoms. The van der Waals surface area contributed by atoms with Gasteiger partial charge in [0.1, 0.15) is 5.75 Å². The zero-order valence-corrected chi connectivity index (χ0v) is 17.2. The Bertz CT molecular complexity index is 634. The normalized spacial score (nSPS) is 10.7. The molecule has 5 nitrogen and oxygen atoms in total. The van der Waals surface area contributed by atoms with Crippen molar-refractivity contribution in [3.63, 3.8) is 0 Å². The summed E-state index contributed by atoms with van der Waals surface area (Å²) in [5.74, 6) is 1.74. The van der Waals surface area contributed by atoms with Gasteiger partial charge in [0.25, 0.3) is 0 Å². The number of benzene rings is 1. The van der Waals surface area contributed by atoms with E-state index in [0.29, 0.717) is 0 Å². The smallest absolute Gasteiger partial charge is 0.190 e. The zero-order chi connectivity index (χ0) is 17.0. The summed E-state index contributed by atoms with van der Waals surface area (Å²) in [7, 11) is 3.49. The number of nitrogens with one attached hydrogen (secondary N) is 2. The molecule has 0 aliphatic carbocycles. The number of aliphatic imine (C=N–C) groups is 1. The maximum atomic E-state index is 5.25. The predicted octanol–water partition coefficient (Wildman–Crippen LogP) is 3.05. The Balaban J connectivity index is 0.00000312. The van der Waals surface area contributed by atoms with Crippen LogP contribution in [0, 0.1) is 0 Å². The largest absolute Gasteiger partial charge is 0.497 e. The van der Waals surface area contributed by atoms with Crippen molar-refractivity contribution in [2.75, 3.05) is 27.2 Å². The molecule has 0 atom stereocenters. The molecular formula is C19H27IN4O. The molecular weight excluding hydrogens is 427 g/mol. The molecule has 2 rings (SSSR count). The molecule has 0 saturated heterocycles. The van der Waals surface area contributed by atoms with E-state index >= 15 is 0 Å². The molecule has 0 aliphatic rings. The average Bonchev–Trinajstić information content (AvgIpc) is 2.64. The van der Waals surface area contributed by atoms with Crippen molar-refractivity contribution in [3.8, 4) is 5.75 Å². The zero-order valence-electron chi connectivity index (χ0n) is 14.9. The minimum Gasteiger partial charge on any atom is -0.497 e. The van der Waals surface area contributed by atoms with Crippen molar-refractivity contribution in [3.05, 3.63) is 59.9 Å². The lowest BCUT2D eigenvalue weighted by Crippen LogP contribution is -2.38. The quantitative estimate of drug-likeness (QED) is 0.279. The van der Waals surface area contributed by atoms with Crippen molar-refractivity contribution in [2.45, 2.75) is 19.3 Å². The maximum absolute atomic E-state index is 5.25. The molecule has 0 spiro atoms. The monoisotopic (exact) mass is 454 g/mol. The highest BCUT2D eigenvalue weighted by Gasteiger charge is 2.00. The van der Waals surface area contributed by atoms with Gasteiger partial charge in [-0.25, -0.2) is 0 Å². The predicted molar refractivity (Wildman–Crippen MR) is 114 cm³/mol. The molecule has 0 radical (unpaired) electrons. The standard InChI is InChI=1S/C19H26N4O.HI/c1-20-19(23-14-11-17-9-3-4-12-21-17)22-13-6-8-16-7-5-10-18(15-16)24-2;/h3-5,7,9-10,12,15H,6,8,11,13-14H2,1-2H3,(H2,20,22,23);1H. The summed E-state index contributed by atoms with van der Waals surface area (Å²) in [6.45, 7) is 1.69. The van der Waals surface area contributed by atoms with E-state index in [1.54, 1.807) is 14.2 Å². The van der Waals surface area contributed by atoms with E-state index in [0.717, 1.165) is 49.8 Å². The van der Waals surface area contributed by atoms with Crippen LogP contribution < -0.4 is 15.4 Å². The Morgan fingerprint density at radius 2 is 1.92 bits per heavy atom. The van der Waals surface area contributed by atoms with E-state index in [9.17, 15) is 0 Å². The number of hydrogen-bond acceptors (Lipinski definition) is 3. The number of ether oxygens (including phenoxy) is 1. The molecule has 2 aromatic rings. The lowest BCUT2D eigenvalue weighted by molar-refractivity contribution is 0.414. The van der Waals surface area contributed by atoms with Crippen molar-refractivity contribution < 1.29 is 4.74 Å². The summed E-state index contributed by atoms with van der Waals surface area (Å²) in [4.78, 5) is 8.56. The molecule has 0 unspecified atom stereocenters. The minimum absolute atomic E-state index is 0. The number of aromatic nitrogens is 1. The highest BCUT2D eigenvalue weighted by atomic mass is 127. The molecule has 0 saturated carbocycles. The first kappa shape index (κ1) is 21.2. The van der Waals surface area contributed by atoms with Crippen LogP contribution in [-0.2, 0) is 12.8 Å². The summed E-state index contributed by atoms with van der Waals surface area (Å²) in [5.41, 5.74) is 2.37. The molecule has 6 heteroatoms. The van der Waals surface area contributed by atoms with Crippen molar-refractivity contribution >= 4 is 29.9 Å². The summed E-state index contributed by atoms with van der Waals surface area (Å²) >= 11 is 0. The second kappa shape index (κ2) is 12.5. The number of rotatable bonds is 8. The van der Waals surface area contributed by atoms with Gasteiger partial charge < -0.3 is 15.4 Å². The summed E-state index contributed by atoms with van der Waals surface area (Å²) in [6, 6.07) is 14.2. The van der Waals surface area contributed by atoms with Crippen LogP contribution in [-0.4, -0.2) is 38.2 Å². The molecule has 1 aromatic carbocycles. The van der Waals surface area contributed by atoms with Gasteiger partial charge in [-0.1, -0.05) is 18.2 Å². The third kappa shape index (κ3) is 8.20. The number of pyridine rings is 1. The van der Waals surface area contributed by atoms with E-state index < -0.39 is 0 Å². The molecule has 1 heterocycles. The highest BCUT2D eigenvalue weighted by Crippen LogP contribution is 2.13. The van der Waals surface area contributed by atoms with Gasteiger partial charge in [-0.2, -0.15) is 0 Å². The molecule has 2 N–H and O–H groups in total. The van der Waals surface area contributed by atoms with Gasteiger partial charge in [-0.3, -0.25) is 9.98 Å².